The van der Waals surface area contributed by atoms with Crippen LogP contribution in [0.25, 0.3) is 0 Å². The topological polar surface area (TPSA) is 62.6 Å². The van der Waals surface area contributed by atoms with Crippen LogP contribution in [-0.4, -0.2) is 48.2 Å². The van der Waals surface area contributed by atoms with Crippen molar-refractivity contribution in [2.45, 2.75) is 24.4 Å². The number of amides is 1. The van der Waals surface area contributed by atoms with E-state index in [0.717, 1.165) is 16.5 Å². The second-order valence-corrected chi connectivity index (χ2v) is 8.01. The summed E-state index contributed by atoms with van der Waals surface area (Å²) in [5, 5.41) is 0. The van der Waals surface area contributed by atoms with E-state index in [1.807, 2.05) is 25.3 Å². The van der Waals surface area contributed by atoms with Gasteiger partial charge in [0.1, 0.15) is 0 Å². The summed E-state index contributed by atoms with van der Waals surface area (Å²) in [6, 6.07) is 12.1. The minimum absolute atomic E-state index is 0.0610. The fourth-order valence-electron chi connectivity index (χ4n) is 3.06. The predicted octanol–water partition coefficient (Wildman–Crippen LogP) is 1.71. The molecule has 1 aromatic heterocycles. The molecule has 1 aromatic carbocycles. The van der Waals surface area contributed by atoms with E-state index < -0.39 is 10.0 Å². The summed E-state index contributed by atoms with van der Waals surface area (Å²) in [5.74, 6) is -0.183. The Balaban J connectivity index is 1.73. The number of likely N-dealkylation sites (N-methyl/N-ethyl adjacent to an activating group) is 1. The number of carbonyl (C=O) groups is 1. The first kappa shape index (κ1) is 16.7. The molecule has 1 aliphatic rings. The lowest BCUT2D eigenvalue weighted by atomic mass is 10.1. The standard InChI is InChI=1S/C17H21N3O3S/c1-14-16-9-6-10-19(16)11-12-20(14)17(21)13-18(2)24(22,23)15-7-4-3-5-8-15/h3-10,14H,11-13H2,1-2H3/t14-/m1/s1. The molecule has 1 aliphatic heterocycles. The quantitative estimate of drug-likeness (QED) is 0.846. The van der Waals surface area contributed by atoms with Crippen LogP contribution in [0.5, 0.6) is 0 Å². The molecule has 0 aliphatic carbocycles. The predicted molar refractivity (Wildman–Crippen MR) is 90.8 cm³/mol. The van der Waals surface area contributed by atoms with Crippen LogP contribution in [0.15, 0.2) is 53.6 Å². The van der Waals surface area contributed by atoms with E-state index in [1.165, 1.54) is 19.2 Å². The Kier molecular flexibility index (Phi) is 4.47. The van der Waals surface area contributed by atoms with Crippen LogP contribution < -0.4 is 0 Å². The van der Waals surface area contributed by atoms with E-state index in [9.17, 15) is 13.2 Å². The van der Waals surface area contributed by atoms with Gasteiger partial charge in [0, 0.05) is 32.0 Å². The summed E-state index contributed by atoms with van der Waals surface area (Å²) in [7, 11) is -2.22. The summed E-state index contributed by atoms with van der Waals surface area (Å²) < 4.78 is 28.3. The molecule has 2 aromatic rings. The van der Waals surface area contributed by atoms with Gasteiger partial charge < -0.3 is 9.47 Å². The minimum Gasteiger partial charge on any atom is -0.348 e. The van der Waals surface area contributed by atoms with Gasteiger partial charge in [-0.3, -0.25) is 4.79 Å². The zero-order valence-electron chi connectivity index (χ0n) is 13.8. The molecular weight excluding hydrogens is 326 g/mol. The number of carbonyl (C=O) groups excluding carboxylic acids is 1. The molecule has 0 spiro atoms. The normalized spacial score (nSPS) is 17.8. The highest BCUT2D eigenvalue weighted by Crippen LogP contribution is 2.25. The molecule has 1 atom stereocenters. The number of sulfonamides is 1. The first-order valence-electron chi connectivity index (χ1n) is 7.87. The number of hydrogen-bond donors (Lipinski definition) is 0. The van der Waals surface area contributed by atoms with Gasteiger partial charge in [-0.2, -0.15) is 4.31 Å². The monoisotopic (exact) mass is 347 g/mol. The molecule has 0 fully saturated rings. The zero-order chi connectivity index (χ0) is 17.3. The van der Waals surface area contributed by atoms with Gasteiger partial charge in [0.05, 0.1) is 17.5 Å². The molecule has 7 heteroatoms. The molecule has 0 saturated carbocycles. The number of fused-ring (bicyclic) bond motifs is 1. The molecule has 0 saturated heterocycles. The number of nitrogens with zero attached hydrogens (tertiary/aromatic N) is 3. The average Bonchev–Trinajstić information content (AvgIpc) is 3.05. The number of rotatable bonds is 4. The van der Waals surface area contributed by atoms with Crippen LogP contribution in [0, 0.1) is 0 Å². The lowest BCUT2D eigenvalue weighted by molar-refractivity contribution is -0.134. The largest absolute Gasteiger partial charge is 0.348 e. The highest BCUT2D eigenvalue weighted by molar-refractivity contribution is 7.89. The van der Waals surface area contributed by atoms with Gasteiger partial charge in [0.25, 0.3) is 0 Å². The van der Waals surface area contributed by atoms with Gasteiger partial charge >= 0.3 is 0 Å². The molecule has 0 unspecified atom stereocenters. The molecule has 128 valence electrons. The Labute approximate surface area is 142 Å². The molecule has 24 heavy (non-hydrogen) atoms. The van der Waals surface area contributed by atoms with Crippen molar-refractivity contribution < 1.29 is 13.2 Å². The Hall–Kier alpha value is -2.12. The second-order valence-electron chi connectivity index (χ2n) is 5.96. The summed E-state index contributed by atoms with van der Waals surface area (Å²) in [6.07, 6.45) is 2.00. The number of hydrogen-bond acceptors (Lipinski definition) is 3. The van der Waals surface area contributed by atoms with Crippen LogP contribution in [-0.2, 0) is 21.4 Å². The van der Waals surface area contributed by atoms with E-state index in [0.29, 0.717) is 6.54 Å². The molecule has 2 heterocycles. The first-order valence-corrected chi connectivity index (χ1v) is 9.31. The third-order valence-electron chi connectivity index (χ3n) is 4.47. The highest BCUT2D eigenvalue weighted by atomic mass is 32.2. The Morgan fingerprint density at radius 3 is 2.58 bits per heavy atom. The molecule has 0 radical (unpaired) electrons. The molecular formula is C17H21N3O3S. The average molecular weight is 347 g/mol. The Bertz CT molecular complexity index is 830. The van der Waals surface area contributed by atoms with Gasteiger partial charge in [-0.05, 0) is 31.2 Å². The van der Waals surface area contributed by atoms with Gasteiger partial charge in [0.2, 0.25) is 15.9 Å². The highest BCUT2D eigenvalue weighted by Gasteiger charge is 2.30. The molecule has 3 rings (SSSR count). The van der Waals surface area contributed by atoms with Gasteiger partial charge in [-0.15, -0.1) is 0 Å². The SMILES string of the molecule is C[C@@H]1c2cccn2CCN1C(=O)CN(C)S(=O)(=O)c1ccccc1. The van der Waals surface area contributed by atoms with Crippen LogP contribution >= 0.6 is 0 Å². The zero-order valence-corrected chi connectivity index (χ0v) is 14.6. The van der Waals surface area contributed by atoms with Crippen molar-refractivity contribution in [2.75, 3.05) is 20.1 Å². The van der Waals surface area contributed by atoms with Crippen LogP contribution in [0.4, 0.5) is 0 Å². The van der Waals surface area contributed by atoms with E-state index >= 15 is 0 Å². The maximum Gasteiger partial charge on any atom is 0.243 e. The third-order valence-corrected chi connectivity index (χ3v) is 6.29. The van der Waals surface area contributed by atoms with Gasteiger partial charge in [-0.1, -0.05) is 18.2 Å². The van der Waals surface area contributed by atoms with Gasteiger partial charge in [0.15, 0.2) is 0 Å². The summed E-state index contributed by atoms with van der Waals surface area (Å²) in [5.41, 5.74) is 1.07. The lowest BCUT2D eigenvalue weighted by Crippen LogP contribution is -2.45. The maximum atomic E-state index is 12.6. The van der Waals surface area contributed by atoms with Crippen molar-refractivity contribution in [1.82, 2.24) is 13.8 Å². The molecule has 0 N–H and O–H groups in total. The Morgan fingerprint density at radius 1 is 1.17 bits per heavy atom. The fourth-order valence-corrected chi connectivity index (χ4v) is 4.20. The van der Waals surface area contributed by atoms with Gasteiger partial charge in [-0.25, -0.2) is 8.42 Å². The number of aromatic nitrogens is 1. The maximum absolute atomic E-state index is 12.6. The minimum atomic E-state index is -3.66. The van der Waals surface area contributed by atoms with E-state index in [-0.39, 0.29) is 23.4 Å². The van der Waals surface area contributed by atoms with Crippen molar-refractivity contribution in [3.05, 3.63) is 54.4 Å². The van der Waals surface area contributed by atoms with E-state index in [2.05, 4.69) is 4.57 Å². The number of benzene rings is 1. The smallest absolute Gasteiger partial charge is 0.243 e. The van der Waals surface area contributed by atoms with Crippen molar-refractivity contribution in [2.24, 2.45) is 0 Å². The van der Waals surface area contributed by atoms with Crippen LogP contribution in [0.1, 0.15) is 18.7 Å². The third kappa shape index (κ3) is 2.97. The Morgan fingerprint density at radius 2 is 1.88 bits per heavy atom. The summed E-state index contributed by atoms with van der Waals surface area (Å²) >= 11 is 0. The van der Waals surface area contributed by atoms with E-state index in [4.69, 9.17) is 0 Å². The molecule has 1 amide bonds. The van der Waals surface area contributed by atoms with Crippen molar-refractivity contribution in [3.63, 3.8) is 0 Å². The van der Waals surface area contributed by atoms with Crippen molar-refractivity contribution >= 4 is 15.9 Å². The fraction of sp³-hybridized carbons (Fsp3) is 0.353. The van der Waals surface area contributed by atoms with Crippen molar-refractivity contribution in [1.29, 1.82) is 0 Å². The molecule has 0 bridgehead atoms. The summed E-state index contributed by atoms with van der Waals surface area (Å²) in [6.45, 7) is 3.12. The van der Waals surface area contributed by atoms with Crippen molar-refractivity contribution in [3.8, 4) is 0 Å². The lowest BCUT2D eigenvalue weighted by Gasteiger charge is -2.35. The summed E-state index contributed by atoms with van der Waals surface area (Å²) in [4.78, 5) is 14.6. The van der Waals surface area contributed by atoms with Crippen LogP contribution in [0.3, 0.4) is 0 Å². The van der Waals surface area contributed by atoms with E-state index in [1.54, 1.807) is 23.1 Å². The second kappa shape index (κ2) is 6.41. The first-order chi connectivity index (χ1) is 11.4. The van der Waals surface area contributed by atoms with Crippen LogP contribution in [0.2, 0.25) is 0 Å². The molecule has 6 nitrogen and oxygen atoms in total.